The van der Waals surface area contributed by atoms with Crippen LogP contribution in [-0.4, -0.2) is 62.5 Å². The lowest BCUT2D eigenvalue weighted by atomic mass is 10.1. The van der Waals surface area contributed by atoms with Gasteiger partial charge in [0.15, 0.2) is 12.0 Å². The summed E-state index contributed by atoms with van der Waals surface area (Å²) >= 11 is 0. The first-order chi connectivity index (χ1) is 10.7. The van der Waals surface area contributed by atoms with Gasteiger partial charge < -0.3 is 41.5 Å². The van der Waals surface area contributed by atoms with Crippen LogP contribution in [-0.2, 0) is 13.8 Å². The van der Waals surface area contributed by atoms with Crippen LogP contribution in [0.5, 0.6) is 0 Å². The molecule has 1 aliphatic heterocycles. The van der Waals surface area contributed by atoms with Crippen molar-refractivity contribution >= 4 is 25.3 Å². The Balaban J connectivity index is 2.02. The van der Waals surface area contributed by atoms with Gasteiger partial charge in [-0.2, -0.15) is 4.98 Å². The summed E-state index contributed by atoms with van der Waals surface area (Å²) in [5.74, 6) is 0.0149. The molecule has 0 spiro atoms. The molecule has 124 valence electrons. The van der Waals surface area contributed by atoms with Crippen LogP contribution >= 0.6 is 7.82 Å². The summed E-state index contributed by atoms with van der Waals surface area (Å²) in [7, 11) is -4.56. The molecule has 22 heavy (non-hydrogen) atoms. The summed E-state index contributed by atoms with van der Waals surface area (Å²) in [5.41, 5.74) is 11.2. The molecule has 1 aromatic heterocycles. The third-order valence-corrected chi connectivity index (χ3v) is 3.35. The monoisotopic (exact) mass is 338 g/mol. The van der Waals surface area contributed by atoms with Crippen molar-refractivity contribution in [3.8, 4) is 0 Å². The van der Waals surface area contributed by atoms with Gasteiger partial charge in [-0.05, 0) is 0 Å². The lowest BCUT2D eigenvalue weighted by Gasteiger charge is -2.18. The molecule has 9 N–H and O–H groups in total. The van der Waals surface area contributed by atoms with Crippen molar-refractivity contribution in [1.29, 1.82) is 1.43 Å². The molecule has 0 aromatic carbocycles. The van der Waals surface area contributed by atoms with E-state index in [1.807, 2.05) is 0 Å². The topological polar surface area (TPSA) is 206 Å². The first-order valence-electron chi connectivity index (χ1n) is 6.42. The number of hydrogen-bond acceptors (Lipinski definition) is 11. The maximum Gasteiger partial charge on any atom is 0.469 e. The van der Waals surface area contributed by atoms with E-state index in [0.29, 0.717) is 0 Å². The Morgan fingerprint density at radius 3 is 2.91 bits per heavy atom. The third kappa shape index (κ3) is 4.01. The maximum atomic E-state index is 11.0. The van der Waals surface area contributed by atoms with Crippen LogP contribution in [0.25, 0.3) is 0 Å². The van der Waals surface area contributed by atoms with Crippen molar-refractivity contribution < 1.29 is 33.8 Å². The number of nitrogens with two attached hydrogens (primary N) is 2. The van der Waals surface area contributed by atoms with E-state index in [1.54, 1.807) is 0 Å². The number of aliphatic hydroxyl groups excluding tert-OH is 2. The number of nitrogens with zero attached hydrogens (tertiary/aromatic N) is 2. The minimum atomic E-state index is -4.56. The number of rotatable bonds is 6. The fourth-order valence-electron chi connectivity index (χ4n) is 1.83. The molecule has 5 atom stereocenters. The molecule has 1 saturated heterocycles. The number of aromatic nitrogens is 2. The van der Waals surface area contributed by atoms with Gasteiger partial charge in [0.05, 0.1) is 18.5 Å². The Kier molecular flexibility index (Phi) is 4.40. The Morgan fingerprint density at radius 2 is 2.23 bits per heavy atom. The zero-order valence-electron chi connectivity index (χ0n) is 12.1. The van der Waals surface area contributed by atoms with Gasteiger partial charge in [-0.15, -0.1) is 0 Å². The molecular formula is C9H16N5O7P. The number of phosphoric acid groups is 1. The number of phosphoric ester groups is 1. The molecular weight excluding hydrogens is 321 g/mol. The van der Waals surface area contributed by atoms with Gasteiger partial charge in [0.1, 0.15) is 18.3 Å². The fourth-order valence-corrected chi connectivity index (χ4v) is 2.16. The van der Waals surface area contributed by atoms with Gasteiger partial charge in [0, 0.05) is 0 Å². The van der Waals surface area contributed by atoms with E-state index >= 15 is 0 Å². The normalized spacial score (nSPS) is 31.5. The number of anilines is 3. The van der Waals surface area contributed by atoms with Crippen molar-refractivity contribution in [2.45, 2.75) is 24.5 Å². The molecule has 1 aromatic rings. The Bertz CT molecular complexity index is 610. The maximum absolute atomic E-state index is 11.0. The molecule has 0 radical (unpaired) electrons. The summed E-state index contributed by atoms with van der Waals surface area (Å²) in [4.78, 5) is 19.9. The molecule has 0 bridgehead atoms. The van der Waals surface area contributed by atoms with Crippen molar-refractivity contribution in [2.75, 3.05) is 23.4 Å². The molecule has 12 nitrogen and oxygen atoms in total. The van der Waals surface area contributed by atoms with Crippen molar-refractivity contribution in [1.82, 2.24) is 9.97 Å². The highest BCUT2D eigenvalue weighted by molar-refractivity contribution is 7.46. The molecule has 0 saturated carbocycles. The van der Waals surface area contributed by atoms with Crippen molar-refractivity contribution in [3.05, 3.63) is 6.20 Å². The lowest BCUT2D eigenvalue weighted by molar-refractivity contribution is -0.0151. The van der Waals surface area contributed by atoms with E-state index in [0.717, 1.165) is 0 Å². The first-order valence-corrected chi connectivity index (χ1v) is 7.51. The van der Waals surface area contributed by atoms with Gasteiger partial charge in [0.2, 0.25) is 7.38 Å². The number of nitrogen functional groups attached to an aromatic ring is 2. The van der Waals surface area contributed by atoms with Gasteiger partial charge in [0.25, 0.3) is 0 Å². The molecule has 1 fully saturated rings. The van der Waals surface area contributed by atoms with Gasteiger partial charge in [-0.25, -0.2) is 9.55 Å². The molecule has 0 aliphatic carbocycles. The Labute approximate surface area is 125 Å². The highest BCUT2D eigenvalue weighted by atomic mass is 31.2. The summed E-state index contributed by atoms with van der Waals surface area (Å²) in [6, 6.07) is 0. The van der Waals surface area contributed by atoms with E-state index in [4.69, 9.17) is 22.5 Å². The van der Waals surface area contributed by atoms with Gasteiger partial charge in [-0.3, -0.25) is 4.52 Å². The van der Waals surface area contributed by atoms with Gasteiger partial charge in [-0.1, -0.05) is 0 Å². The minimum Gasteiger partial charge on any atom is -0.394 e. The summed E-state index contributed by atoms with van der Waals surface area (Å²) in [6.45, 7) is -0.593. The molecule has 13 heteroatoms. The molecule has 0 amide bonds. The second kappa shape index (κ2) is 6.30. The second-order valence-corrected chi connectivity index (χ2v) is 5.71. The minimum absolute atomic E-state index is 0.0663. The van der Waals surface area contributed by atoms with Crippen LogP contribution in [0.15, 0.2) is 6.20 Å². The van der Waals surface area contributed by atoms with E-state index in [9.17, 15) is 14.8 Å². The van der Waals surface area contributed by atoms with Crippen LogP contribution in [0, 0.1) is 0 Å². The molecule has 2 heterocycles. The number of hydrogen-bond donors (Lipinski definition) is 7. The van der Waals surface area contributed by atoms with E-state index in [1.165, 1.54) is 6.20 Å². The van der Waals surface area contributed by atoms with Crippen molar-refractivity contribution in [3.63, 3.8) is 0 Å². The van der Waals surface area contributed by atoms with Crippen LogP contribution in [0.2, 0.25) is 0 Å². The van der Waals surface area contributed by atoms with Crippen LogP contribution in [0.1, 0.15) is 0 Å². The Morgan fingerprint density at radius 1 is 1.50 bits per heavy atom. The standard InChI is InChI=1S/C9H16N5O7P/c10-3-1-12-9(11)14-7(3)13-8-6(16)5(15)4(21-8)2-20-22(17,18)19/h1,4-6,8,15-16H,2,10H2,(H2,17,18,19)(H3,11,12,13,14)/t4-,5-,6-,8?/m1/s1/i/hD. The summed E-state index contributed by atoms with van der Waals surface area (Å²) in [5, 5.41) is 22.4. The predicted octanol–water partition coefficient (Wildman–Crippen LogP) is -2.39. The number of aliphatic hydroxyl groups is 2. The SMILES string of the molecule is [2H]OP(=O)(O)OC[C@H]1OC(Nc2nc(N)ncc2N)[C@H](O)[C@@H]1O. The fraction of sp³-hybridized carbons (Fsp3) is 0.556. The second-order valence-electron chi connectivity index (χ2n) is 4.52. The highest BCUT2D eigenvalue weighted by Gasteiger charge is 2.44. The molecule has 2 rings (SSSR count). The number of nitrogens with one attached hydrogen (secondary N) is 1. The van der Waals surface area contributed by atoms with Crippen LogP contribution in [0.3, 0.4) is 0 Å². The zero-order valence-corrected chi connectivity index (χ0v) is 12.0. The predicted molar refractivity (Wildman–Crippen MR) is 73.2 cm³/mol. The van der Waals surface area contributed by atoms with E-state index in [-0.39, 0.29) is 17.5 Å². The quantitative estimate of drug-likeness (QED) is 0.271. The zero-order chi connectivity index (χ0) is 17.2. The van der Waals surface area contributed by atoms with Crippen LogP contribution < -0.4 is 16.8 Å². The first kappa shape index (κ1) is 15.4. The summed E-state index contributed by atoms with van der Waals surface area (Å²) < 4.78 is 27.1. The van der Waals surface area contributed by atoms with Gasteiger partial charge >= 0.3 is 7.82 Å². The lowest BCUT2D eigenvalue weighted by Crippen LogP contribution is -2.37. The Hall–Kier alpha value is -1.53. The van der Waals surface area contributed by atoms with E-state index < -0.39 is 39.0 Å². The average Bonchev–Trinajstić information content (AvgIpc) is 2.77. The largest absolute Gasteiger partial charge is 0.469 e. The van der Waals surface area contributed by atoms with E-state index in [2.05, 4.69) is 24.7 Å². The molecule has 1 aliphatic rings. The van der Waals surface area contributed by atoms with Crippen molar-refractivity contribution in [2.24, 2.45) is 0 Å². The van der Waals surface area contributed by atoms with Crippen LogP contribution in [0.4, 0.5) is 17.5 Å². The highest BCUT2D eigenvalue weighted by Crippen LogP contribution is 2.37. The summed E-state index contributed by atoms with van der Waals surface area (Å²) in [6.07, 6.45) is -3.88. The third-order valence-electron chi connectivity index (χ3n) is 2.88. The average molecular weight is 338 g/mol. The smallest absolute Gasteiger partial charge is 0.394 e. The number of ether oxygens (including phenoxy) is 1. The molecule has 2 unspecified atom stereocenters.